The third-order valence-corrected chi connectivity index (χ3v) is 6.50. The van der Waals surface area contributed by atoms with E-state index in [-0.39, 0.29) is 23.8 Å². The van der Waals surface area contributed by atoms with Gasteiger partial charge in [0, 0.05) is 11.7 Å². The van der Waals surface area contributed by atoms with Gasteiger partial charge in [0.05, 0.1) is 7.11 Å². The van der Waals surface area contributed by atoms with Crippen LogP contribution in [0.5, 0.6) is 5.75 Å². The van der Waals surface area contributed by atoms with Crippen LogP contribution < -0.4 is 15.4 Å². The van der Waals surface area contributed by atoms with Crippen molar-refractivity contribution in [1.82, 2.24) is 10.2 Å². The minimum absolute atomic E-state index is 0.102. The lowest BCUT2D eigenvalue weighted by Crippen LogP contribution is -2.55. The molecule has 8 nitrogen and oxygen atoms in total. The summed E-state index contributed by atoms with van der Waals surface area (Å²) in [6.07, 6.45) is 0.923. The Balaban J connectivity index is 2.02. The third kappa shape index (κ3) is 7.27. The zero-order valence-corrected chi connectivity index (χ0v) is 23.8. The molecule has 0 heterocycles. The summed E-state index contributed by atoms with van der Waals surface area (Å²) in [5.41, 5.74) is 2.52. The van der Waals surface area contributed by atoms with Crippen LogP contribution in [-0.2, 0) is 14.3 Å². The first-order valence-corrected chi connectivity index (χ1v) is 13.1. The highest BCUT2D eigenvalue weighted by Gasteiger charge is 2.45. The molecule has 8 heteroatoms. The van der Waals surface area contributed by atoms with Crippen LogP contribution in [0.4, 0.5) is 10.5 Å². The molecule has 2 N–H and O–H groups in total. The number of ether oxygens (including phenoxy) is 2. The number of carbonyl (C=O) groups is 3. The Morgan fingerprint density at radius 1 is 0.974 bits per heavy atom. The smallest absolute Gasteiger partial charge is 0.408 e. The zero-order valence-electron chi connectivity index (χ0n) is 23.8. The molecule has 0 spiro atoms. The molecule has 2 atom stereocenters. The first-order valence-electron chi connectivity index (χ1n) is 13.1. The lowest BCUT2D eigenvalue weighted by molar-refractivity contribution is -0.142. The molecule has 0 aliphatic heterocycles. The Kier molecular flexibility index (Phi) is 9.07. The molecule has 38 heavy (non-hydrogen) atoms. The van der Waals surface area contributed by atoms with Gasteiger partial charge in [0.15, 0.2) is 0 Å². The van der Waals surface area contributed by atoms with Gasteiger partial charge >= 0.3 is 6.09 Å². The molecule has 2 unspecified atom stereocenters. The van der Waals surface area contributed by atoms with Crippen molar-refractivity contribution in [2.24, 2.45) is 5.92 Å². The maximum absolute atomic E-state index is 14.2. The van der Waals surface area contributed by atoms with Gasteiger partial charge in [0.25, 0.3) is 5.91 Å². The van der Waals surface area contributed by atoms with Crippen molar-refractivity contribution >= 4 is 23.6 Å². The van der Waals surface area contributed by atoms with Gasteiger partial charge in [-0.05, 0) is 94.3 Å². The average Bonchev–Trinajstić information content (AvgIpc) is 3.66. The normalized spacial score (nSPS) is 14.9. The van der Waals surface area contributed by atoms with Crippen LogP contribution in [0.2, 0.25) is 0 Å². The Morgan fingerprint density at radius 2 is 1.55 bits per heavy atom. The minimum Gasteiger partial charge on any atom is -0.497 e. The Morgan fingerprint density at radius 3 is 2.03 bits per heavy atom. The highest BCUT2D eigenvalue weighted by molar-refractivity contribution is 5.99. The standard InChI is InChI=1S/C30H41N3O5/c1-18(2)25(32-29(36)38-30(5,6)7)28(35)33(22-14-15-22)26(24-19(3)10-9-11-20(24)4)27(34)31-21-12-16-23(37-8)17-13-21/h9-13,16-18,22,25-26H,14-15H2,1-8H3,(H,31,34)(H,32,36). The van der Waals surface area contributed by atoms with Gasteiger partial charge in [0.1, 0.15) is 23.4 Å². The summed E-state index contributed by atoms with van der Waals surface area (Å²) in [5, 5.41) is 5.78. The summed E-state index contributed by atoms with van der Waals surface area (Å²) >= 11 is 0. The van der Waals surface area contributed by atoms with Gasteiger partial charge < -0.3 is 25.0 Å². The van der Waals surface area contributed by atoms with E-state index in [0.717, 1.165) is 29.5 Å². The second-order valence-corrected chi connectivity index (χ2v) is 11.3. The summed E-state index contributed by atoms with van der Waals surface area (Å²) in [6, 6.07) is 11.1. The number of rotatable bonds is 9. The number of carbonyl (C=O) groups excluding carboxylic acids is 3. The van der Waals surface area contributed by atoms with E-state index < -0.39 is 23.8 Å². The van der Waals surface area contributed by atoms with Crippen molar-refractivity contribution in [3.8, 4) is 5.75 Å². The maximum Gasteiger partial charge on any atom is 0.408 e. The first kappa shape index (κ1) is 29.0. The molecule has 1 saturated carbocycles. The second-order valence-electron chi connectivity index (χ2n) is 11.3. The van der Waals surface area contributed by atoms with Crippen LogP contribution >= 0.6 is 0 Å². The zero-order chi connectivity index (χ0) is 28.2. The van der Waals surface area contributed by atoms with E-state index in [0.29, 0.717) is 11.4 Å². The molecule has 1 aliphatic rings. The summed E-state index contributed by atoms with van der Waals surface area (Å²) in [5.74, 6) is -0.157. The topological polar surface area (TPSA) is 97.0 Å². The highest BCUT2D eigenvalue weighted by atomic mass is 16.6. The van der Waals surface area contributed by atoms with Gasteiger partial charge in [-0.25, -0.2) is 4.79 Å². The maximum atomic E-state index is 14.2. The van der Waals surface area contributed by atoms with E-state index in [2.05, 4.69) is 10.6 Å². The largest absolute Gasteiger partial charge is 0.497 e. The lowest BCUT2D eigenvalue weighted by atomic mass is 9.92. The van der Waals surface area contributed by atoms with Crippen molar-refractivity contribution in [2.75, 3.05) is 12.4 Å². The molecule has 0 radical (unpaired) electrons. The number of amides is 3. The molecule has 206 valence electrons. The molecule has 1 fully saturated rings. The number of hydrogen-bond donors (Lipinski definition) is 2. The lowest BCUT2D eigenvalue weighted by Gasteiger charge is -2.37. The summed E-state index contributed by atoms with van der Waals surface area (Å²) in [6.45, 7) is 13.0. The Labute approximate surface area is 226 Å². The fourth-order valence-electron chi connectivity index (χ4n) is 4.52. The van der Waals surface area contributed by atoms with Crippen LogP contribution in [0.15, 0.2) is 42.5 Å². The molecule has 3 rings (SSSR count). The van der Waals surface area contributed by atoms with E-state index in [4.69, 9.17) is 9.47 Å². The van der Waals surface area contributed by atoms with Crippen LogP contribution in [0.1, 0.15) is 70.2 Å². The summed E-state index contributed by atoms with van der Waals surface area (Å²) in [7, 11) is 1.58. The van der Waals surface area contributed by atoms with Crippen molar-refractivity contribution in [3.63, 3.8) is 0 Å². The van der Waals surface area contributed by atoms with Crippen molar-refractivity contribution < 1.29 is 23.9 Å². The number of methoxy groups -OCH3 is 1. The van der Waals surface area contributed by atoms with Crippen LogP contribution in [0.3, 0.4) is 0 Å². The van der Waals surface area contributed by atoms with Gasteiger partial charge in [-0.2, -0.15) is 0 Å². The summed E-state index contributed by atoms with van der Waals surface area (Å²) in [4.78, 5) is 42.6. The molecular formula is C30H41N3O5. The molecule has 1 aliphatic carbocycles. The summed E-state index contributed by atoms with van der Waals surface area (Å²) < 4.78 is 10.7. The number of benzene rings is 2. The van der Waals surface area contributed by atoms with Crippen LogP contribution in [0.25, 0.3) is 0 Å². The van der Waals surface area contributed by atoms with Gasteiger partial charge in [-0.3, -0.25) is 9.59 Å². The SMILES string of the molecule is COc1ccc(NC(=O)C(c2c(C)cccc2C)N(C(=O)C(NC(=O)OC(C)(C)C)C(C)C)C2CC2)cc1. The first-order chi connectivity index (χ1) is 17.8. The number of anilines is 1. The second kappa shape index (κ2) is 11.9. The van der Waals surface area contributed by atoms with Crippen molar-refractivity contribution in [1.29, 1.82) is 0 Å². The van der Waals surface area contributed by atoms with Crippen LogP contribution in [0, 0.1) is 19.8 Å². The minimum atomic E-state index is -0.875. The number of nitrogens with zero attached hydrogens (tertiary/aromatic N) is 1. The fraction of sp³-hybridized carbons (Fsp3) is 0.500. The monoisotopic (exact) mass is 523 g/mol. The number of nitrogens with one attached hydrogen (secondary N) is 2. The average molecular weight is 524 g/mol. The predicted octanol–water partition coefficient (Wildman–Crippen LogP) is 5.53. The van der Waals surface area contributed by atoms with Gasteiger partial charge in [0.2, 0.25) is 5.91 Å². The molecule has 3 amide bonds. The van der Waals surface area contributed by atoms with E-state index in [1.54, 1.807) is 57.0 Å². The van der Waals surface area contributed by atoms with E-state index in [1.165, 1.54) is 0 Å². The van der Waals surface area contributed by atoms with E-state index in [9.17, 15) is 14.4 Å². The number of aryl methyl sites for hydroxylation is 2. The molecule has 0 aromatic heterocycles. The van der Waals surface area contributed by atoms with E-state index >= 15 is 0 Å². The molecule has 0 bridgehead atoms. The Bertz CT molecular complexity index is 1130. The number of alkyl carbamates (subject to hydrolysis) is 1. The van der Waals surface area contributed by atoms with Crippen molar-refractivity contribution in [3.05, 3.63) is 59.2 Å². The molecule has 2 aromatic carbocycles. The molecule has 0 saturated heterocycles. The van der Waals surface area contributed by atoms with E-state index in [1.807, 2.05) is 45.9 Å². The van der Waals surface area contributed by atoms with Crippen molar-refractivity contribution in [2.45, 2.75) is 85.0 Å². The van der Waals surface area contributed by atoms with Gasteiger partial charge in [-0.1, -0.05) is 32.0 Å². The number of hydrogen-bond acceptors (Lipinski definition) is 5. The molecular weight excluding hydrogens is 482 g/mol. The molecule has 2 aromatic rings. The Hall–Kier alpha value is -3.55. The highest BCUT2D eigenvalue weighted by Crippen LogP contribution is 2.38. The van der Waals surface area contributed by atoms with Crippen LogP contribution in [-0.4, -0.2) is 47.6 Å². The predicted molar refractivity (Wildman–Crippen MR) is 148 cm³/mol. The van der Waals surface area contributed by atoms with Gasteiger partial charge in [-0.15, -0.1) is 0 Å². The third-order valence-electron chi connectivity index (χ3n) is 6.50. The quantitative estimate of drug-likeness (QED) is 0.450. The fourth-order valence-corrected chi connectivity index (χ4v) is 4.52.